The van der Waals surface area contributed by atoms with E-state index >= 15 is 0 Å². The van der Waals surface area contributed by atoms with E-state index in [4.69, 9.17) is 14.2 Å². The highest BCUT2D eigenvalue weighted by molar-refractivity contribution is 5.73. The largest absolute Gasteiger partial charge is 0.459 e. The number of hydrogen-bond donors (Lipinski definition) is 6. The van der Waals surface area contributed by atoms with Crippen LogP contribution in [0, 0.1) is 17.8 Å². The van der Waals surface area contributed by atoms with Crippen molar-refractivity contribution in [3.63, 3.8) is 0 Å². The number of aliphatic hydroxyl groups is 5. The summed E-state index contributed by atoms with van der Waals surface area (Å²) in [5.41, 5.74) is -3.25. The molecule has 0 bridgehead atoms. The standard InChI is InChI=1S/C29H56N2O9/c1-11-21-29(8,37)24(34)19(6)30-14-15(2)13-28(7,36)25(17(4)22(32)18(5)26(35)39-21)40-27-23(33)20(31(9)10)12-16(3)38-27/h15-25,27,30,32-34,36-37H,11-14H2,1-10H3/t15-,16-,17+,18-,19-,20+,21-,22+,23-,24-,25-,27+,28+,29-/m1/s1. The van der Waals surface area contributed by atoms with E-state index in [0.29, 0.717) is 13.0 Å². The van der Waals surface area contributed by atoms with Crippen LogP contribution in [0.4, 0.5) is 0 Å². The van der Waals surface area contributed by atoms with Gasteiger partial charge in [-0.05, 0) is 80.4 Å². The highest BCUT2D eigenvalue weighted by Gasteiger charge is 2.49. The number of carbonyl (C=O) groups is 1. The molecule has 0 aromatic heterocycles. The van der Waals surface area contributed by atoms with Crippen LogP contribution in [0.2, 0.25) is 0 Å². The molecule has 236 valence electrons. The van der Waals surface area contributed by atoms with E-state index in [1.807, 2.05) is 32.8 Å². The van der Waals surface area contributed by atoms with E-state index in [-0.39, 0.29) is 30.9 Å². The second-order valence-electron chi connectivity index (χ2n) is 13.1. The fraction of sp³-hybridized carbons (Fsp3) is 0.966. The Kier molecular flexibility index (Phi) is 12.4. The number of hydrogen-bond acceptors (Lipinski definition) is 11. The average Bonchev–Trinajstić information content (AvgIpc) is 2.87. The molecule has 2 heterocycles. The van der Waals surface area contributed by atoms with E-state index in [0.717, 1.165) is 0 Å². The minimum absolute atomic E-state index is 0.113. The van der Waals surface area contributed by atoms with Gasteiger partial charge >= 0.3 is 5.97 Å². The summed E-state index contributed by atoms with van der Waals surface area (Å²) in [5.74, 6) is -2.67. The van der Waals surface area contributed by atoms with Gasteiger partial charge in [-0.1, -0.05) is 20.8 Å². The second kappa shape index (κ2) is 14.1. The molecule has 2 fully saturated rings. The van der Waals surface area contributed by atoms with Crippen LogP contribution in [0.15, 0.2) is 0 Å². The van der Waals surface area contributed by atoms with Crippen LogP contribution in [0.5, 0.6) is 0 Å². The van der Waals surface area contributed by atoms with Gasteiger partial charge in [-0.25, -0.2) is 0 Å². The molecule has 0 aromatic rings. The number of esters is 1. The third kappa shape index (κ3) is 8.14. The third-order valence-electron chi connectivity index (χ3n) is 8.97. The molecule has 0 amide bonds. The van der Waals surface area contributed by atoms with Gasteiger partial charge in [0.1, 0.15) is 23.9 Å². The first-order chi connectivity index (χ1) is 18.3. The molecule has 2 aliphatic heterocycles. The molecular weight excluding hydrogens is 520 g/mol. The molecule has 40 heavy (non-hydrogen) atoms. The SMILES string of the molecule is CC[C@H]1OC(=O)[C@H](C)[C@@H](O)[C@H](C)[C@@H](O[C@@H]2O[C@H](C)C[C@H](N(C)C)[C@H]2O)[C@@](C)(O)C[C@@H](C)CN[C@H](C)[C@@H](O)[C@]1(C)O. The Balaban J connectivity index is 2.48. The maximum absolute atomic E-state index is 13.2. The van der Waals surface area contributed by atoms with Crippen LogP contribution in [-0.4, -0.2) is 123 Å². The predicted octanol–water partition coefficient (Wildman–Crippen LogP) is 0.633. The number of nitrogens with zero attached hydrogens (tertiary/aromatic N) is 1. The average molecular weight is 577 g/mol. The van der Waals surface area contributed by atoms with Gasteiger partial charge in [-0.15, -0.1) is 0 Å². The summed E-state index contributed by atoms with van der Waals surface area (Å²) >= 11 is 0. The minimum atomic E-state index is -1.75. The Hall–Kier alpha value is -0.890. The molecule has 0 aromatic carbocycles. The molecule has 0 radical (unpaired) electrons. The monoisotopic (exact) mass is 576 g/mol. The molecule has 11 heteroatoms. The first kappa shape index (κ1) is 35.3. The third-order valence-corrected chi connectivity index (χ3v) is 8.97. The lowest BCUT2D eigenvalue weighted by molar-refractivity contribution is -0.299. The zero-order valence-electron chi connectivity index (χ0n) is 26.1. The van der Waals surface area contributed by atoms with Crippen LogP contribution in [0.25, 0.3) is 0 Å². The smallest absolute Gasteiger partial charge is 0.311 e. The number of nitrogens with one attached hydrogen (secondary N) is 1. The van der Waals surface area contributed by atoms with Crippen LogP contribution < -0.4 is 5.32 Å². The maximum atomic E-state index is 13.2. The number of rotatable bonds is 4. The summed E-state index contributed by atoms with van der Waals surface area (Å²) in [6.07, 6.45) is -5.77. The van der Waals surface area contributed by atoms with E-state index in [2.05, 4.69) is 5.32 Å². The summed E-state index contributed by atoms with van der Waals surface area (Å²) in [5, 5.41) is 59.8. The van der Waals surface area contributed by atoms with Gasteiger partial charge < -0.3 is 50.0 Å². The molecule has 2 rings (SSSR count). The number of ether oxygens (including phenoxy) is 3. The van der Waals surface area contributed by atoms with Gasteiger partial charge in [0.15, 0.2) is 6.29 Å². The van der Waals surface area contributed by atoms with Crippen molar-refractivity contribution in [1.29, 1.82) is 0 Å². The second-order valence-corrected chi connectivity index (χ2v) is 13.1. The lowest BCUT2D eigenvalue weighted by atomic mass is 9.78. The van der Waals surface area contributed by atoms with Crippen molar-refractivity contribution in [3.05, 3.63) is 0 Å². The maximum Gasteiger partial charge on any atom is 0.311 e. The van der Waals surface area contributed by atoms with E-state index in [1.54, 1.807) is 27.7 Å². The Morgan fingerprint density at radius 3 is 2.20 bits per heavy atom. The van der Waals surface area contributed by atoms with Crippen molar-refractivity contribution in [2.45, 2.75) is 141 Å². The Bertz CT molecular complexity index is 810. The molecular formula is C29H56N2O9. The number of carbonyl (C=O) groups excluding carboxylic acids is 1. The highest BCUT2D eigenvalue weighted by Crippen LogP contribution is 2.36. The van der Waals surface area contributed by atoms with Gasteiger partial charge in [0, 0.05) is 18.0 Å². The molecule has 11 nitrogen and oxygen atoms in total. The van der Waals surface area contributed by atoms with Gasteiger partial charge in [-0.2, -0.15) is 0 Å². The number of cyclic esters (lactones) is 1. The van der Waals surface area contributed by atoms with Crippen molar-refractivity contribution in [1.82, 2.24) is 10.2 Å². The zero-order valence-corrected chi connectivity index (χ0v) is 26.1. The topological polar surface area (TPSA) is 161 Å². The van der Waals surface area contributed by atoms with Crippen molar-refractivity contribution in [3.8, 4) is 0 Å². The van der Waals surface area contributed by atoms with Crippen LogP contribution in [-0.2, 0) is 19.0 Å². The summed E-state index contributed by atoms with van der Waals surface area (Å²) in [4.78, 5) is 15.1. The molecule has 0 aliphatic carbocycles. The summed E-state index contributed by atoms with van der Waals surface area (Å²) in [6, 6.07) is -0.783. The number of likely N-dealkylation sites (N-methyl/N-ethyl adjacent to an activating group) is 1. The molecule has 6 N–H and O–H groups in total. The fourth-order valence-corrected chi connectivity index (χ4v) is 6.36. The summed E-state index contributed by atoms with van der Waals surface area (Å²) in [6.45, 7) is 14.0. The molecule has 0 saturated carbocycles. The molecule has 0 unspecified atom stereocenters. The molecule has 2 aliphatic rings. The van der Waals surface area contributed by atoms with Gasteiger partial charge in [0.2, 0.25) is 0 Å². The minimum Gasteiger partial charge on any atom is -0.459 e. The molecule has 14 atom stereocenters. The normalized spacial score (nSPS) is 48.8. The van der Waals surface area contributed by atoms with Crippen molar-refractivity contribution < 1.29 is 44.5 Å². The Labute approximate surface area is 240 Å². The van der Waals surface area contributed by atoms with E-state index < -0.39 is 71.9 Å². The highest BCUT2D eigenvalue weighted by atomic mass is 16.7. The summed E-state index contributed by atoms with van der Waals surface area (Å²) < 4.78 is 18.0. The van der Waals surface area contributed by atoms with Crippen LogP contribution >= 0.6 is 0 Å². The van der Waals surface area contributed by atoms with Crippen LogP contribution in [0.3, 0.4) is 0 Å². The van der Waals surface area contributed by atoms with Crippen molar-refractivity contribution in [2.75, 3.05) is 20.6 Å². The van der Waals surface area contributed by atoms with Crippen LogP contribution in [0.1, 0.15) is 74.7 Å². The van der Waals surface area contributed by atoms with Crippen molar-refractivity contribution in [2.24, 2.45) is 17.8 Å². The van der Waals surface area contributed by atoms with Gasteiger partial charge in [0.25, 0.3) is 0 Å². The fourth-order valence-electron chi connectivity index (χ4n) is 6.36. The van der Waals surface area contributed by atoms with Crippen molar-refractivity contribution >= 4 is 5.97 Å². The van der Waals surface area contributed by atoms with E-state index in [1.165, 1.54) is 13.8 Å². The molecule has 0 spiro atoms. The first-order valence-corrected chi connectivity index (χ1v) is 14.7. The first-order valence-electron chi connectivity index (χ1n) is 14.7. The predicted molar refractivity (Wildman–Crippen MR) is 150 cm³/mol. The summed E-state index contributed by atoms with van der Waals surface area (Å²) in [7, 11) is 3.74. The Morgan fingerprint density at radius 1 is 1.05 bits per heavy atom. The quantitative estimate of drug-likeness (QED) is 0.261. The molecule has 2 saturated heterocycles. The Morgan fingerprint density at radius 2 is 1.65 bits per heavy atom. The lowest BCUT2D eigenvalue weighted by Gasteiger charge is -2.46. The van der Waals surface area contributed by atoms with Gasteiger partial charge in [0.05, 0.1) is 29.8 Å². The van der Waals surface area contributed by atoms with Gasteiger partial charge in [-0.3, -0.25) is 4.79 Å². The zero-order chi connectivity index (χ0) is 30.7. The number of aliphatic hydroxyl groups excluding tert-OH is 3. The van der Waals surface area contributed by atoms with E-state index in [9.17, 15) is 30.3 Å². The lowest BCUT2D eigenvalue weighted by Crippen LogP contribution is -2.59.